The molecule has 5 rings (SSSR count). The Kier molecular flexibility index (Phi) is 7.41. The van der Waals surface area contributed by atoms with Crippen LogP contribution in [0, 0.1) is 6.92 Å². The number of anilines is 2. The molecular weight excluding hydrogens is 474 g/mol. The van der Waals surface area contributed by atoms with Crippen LogP contribution in [0.1, 0.15) is 34.5 Å². The minimum absolute atomic E-state index is 0.194. The maximum atomic E-state index is 13.1. The number of hydrogen-bond donors (Lipinski definition) is 1. The Hall–Kier alpha value is -3.13. The average molecular weight is 506 g/mol. The number of piperazine rings is 1. The van der Waals surface area contributed by atoms with Crippen LogP contribution in [-0.4, -0.2) is 66.0 Å². The highest BCUT2D eigenvalue weighted by atomic mass is 35.5. The fourth-order valence-electron chi connectivity index (χ4n) is 5.14. The first-order valence-electron chi connectivity index (χ1n) is 12.5. The van der Waals surface area contributed by atoms with E-state index in [1.165, 1.54) is 0 Å². The van der Waals surface area contributed by atoms with E-state index in [1.807, 2.05) is 37.3 Å². The molecule has 1 N–H and O–H groups in total. The van der Waals surface area contributed by atoms with Gasteiger partial charge in [0.15, 0.2) is 0 Å². The predicted octanol–water partition coefficient (Wildman–Crippen LogP) is 5.03. The van der Waals surface area contributed by atoms with Crippen LogP contribution in [0.5, 0.6) is 0 Å². The zero-order chi connectivity index (χ0) is 25.1. The van der Waals surface area contributed by atoms with Crippen molar-refractivity contribution in [2.45, 2.75) is 25.8 Å². The van der Waals surface area contributed by atoms with Gasteiger partial charge in [-0.15, -0.1) is 0 Å². The Bertz CT molecular complexity index is 1230. The van der Waals surface area contributed by atoms with Gasteiger partial charge in [0.1, 0.15) is 0 Å². The van der Waals surface area contributed by atoms with Crippen LogP contribution in [0.3, 0.4) is 0 Å². The first-order chi connectivity index (χ1) is 17.5. The fourth-order valence-corrected chi connectivity index (χ4v) is 5.26. The lowest BCUT2D eigenvalue weighted by molar-refractivity contribution is 0.0321. The van der Waals surface area contributed by atoms with Gasteiger partial charge in [-0.05, 0) is 67.8 Å². The highest BCUT2D eigenvalue weighted by Gasteiger charge is 2.26. The van der Waals surface area contributed by atoms with Crippen LogP contribution < -0.4 is 10.2 Å². The number of hydrogen-bond acceptors (Lipinski definition) is 5. The van der Waals surface area contributed by atoms with Crippen LogP contribution in [0.15, 0.2) is 55.2 Å². The van der Waals surface area contributed by atoms with Crippen molar-refractivity contribution >= 4 is 35.0 Å². The SMILES string of the molecule is C=Cc1cc(NC(=O)c2cnn(-c3ccc(Cl)cc3)c2C)ccc1N1CCN(C2CCOCC2)CC1. The third kappa shape index (κ3) is 5.19. The summed E-state index contributed by atoms with van der Waals surface area (Å²) in [7, 11) is 0. The van der Waals surface area contributed by atoms with Crippen molar-refractivity contribution in [2.75, 3.05) is 49.6 Å². The molecule has 2 saturated heterocycles. The number of amides is 1. The van der Waals surface area contributed by atoms with Gasteiger partial charge in [0, 0.05) is 61.8 Å². The van der Waals surface area contributed by atoms with Gasteiger partial charge in [0.25, 0.3) is 5.91 Å². The molecule has 0 unspecified atom stereocenters. The van der Waals surface area contributed by atoms with Crippen LogP contribution in [0.25, 0.3) is 11.8 Å². The third-order valence-electron chi connectivity index (χ3n) is 7.19. The van der Waals surface area contributed by atoms with Gasteiger partial charge < -0.3 is 15.0 Å². The summed E-state index contributed by atoms with van der Waals surface area (Å²) in [6.07, 6.45) is 5.72. The fraction of sp³-hybridized carbons (Fsp3) is 0.357. The first kappa shape index (κ1) is 24.6. The number of rotatable bonds is 6. The number of nitrogens with one attached hydrogen (secondary N) is 1. The molecule has 0 bridgehead atoms. The van der Waals surface area contributed by atoms with Gasteiger partial charge in [0.2, 0.25) is 0 Å². The van der Waals surface area contributed by atoms with E-state index in [0.717, 1.165) is 80.6 Å². The minimum atomic E-state index is -0.194. The number of carbonyl (C=O) groups excluding carboxylic acids is 1. The van der Waals surface area contributed by atoms with E-state index < -0.39 is 0 Å². The Morgan fingerprint density at radius 1 is 1.11 bits per heavy atom. The molecule has 2 fully saturated rings. The zero-order valence-electron chi connectivity index (χ0n) is 20.6. The lowest BCUT2D eigenvalue weighted by Gasteiger charge is -2.41. The first-order valence-corrected chi connectivity index (χ1v) is 12.9. The molecule has 0 aliphatic carbocycles. The van der Waals surface area contributed by atoms with Crippen LogP contribution in [-0.2, 0) is 4.74 Å². The summed E-state index contributed by atoms with van der Waals surface area (Å²) in [6, 6.07) is 14.0. The average Bonchev–Trinajstić information content (AvgIpc) is 3.31. The van der Waals surface area contributed by atoms with E-state index in [9.17, 15) is 4.79 Å². The molecule has 1 aromatic heterocycles. The standard InChI is InChI=1S/C28H32ClN5O2/c1-3-21-18-23(6-9-27(21)33-14-12-32(13-15-33)24-10-16-36-17-11-24)31-28(35)26-19-30-34(20(26)2)25-7-4-22(29)5-8-25/h3-9,18-19,24H,1,10-17H2,2H3,(H,31,35). The molecule has 188 valence electrons. The van der Waals surface area contributed by atoms with Crippen molar-refractivity contribution in [1.82, 2.24) is 14.7 Å². The molecule has 2 aliphatic heterocycles. The van der Waals surface area contributed by atoms with Crippen LogP contribution in [0.2, 0.25) is 5.02 Å². The van der Waals surface area contributed by atoms with Crippen molar-refractivity contribution in [1.29, 1.82) is 0 Å². The van der Waals surface area contributed by atoms with E-state index in [4.69, 9.17) is 16.3 Å². The summed E-state index contributed by atoms with van der Waals surface area (Å²) in [4.78, 5) is 18.1. The topological polar surface area (TPSA) is 62.6 Å². The molecule has 0 saturated carbocycles. The maximum absolute atomic E-state index is 13.1. The number of ether oxygens (including phenoxy) is 1. The molecular formula is C28H32ClN5O2. The van der Waals surface area contributed by atoms with Crippen molar-refractivity contribution < 1.29 is 9.53 Å². The van der Waals surface area contributed by atoms with Gasteiger partial charge in [-0.25, -0.2) is 4.68 Å². The Balaban J connectivity index is 1.26. The molecule has 0 radical (unpaired) electrons. The van der Waals surface area contributed by atoms with Gasteiger partial charge in [-0.2, -0.15) is 5.10 Å². The highest BCUT2D eigenvalue weighted by Crippen LogP contribution is 2.28. The number of halogens is 1. The van der Waals surface area contributed by atoms with Gasteiger partial charge in [-0.1, -0.05) is 24.3 Å². The van der Waals surface area contributed by atoms with Gasteiger partial charge >= 0.3 is 0 Å². The molecule has 8 heteroatoms. The monoisotopic (exact) mass is 505 g/mol. The smallest absolute Gasteiger partial charge is 0.259 e. The van der Waals surface area contributed by atoms with Crippen LogP contribution >= 0.6 is 11.6 Å². The number of benzene rings is 2. The van der Waals surface area contributed by atoms with E-state index in [2.05, 4.69) is 32.9 Å². The summed E-state index contributed by atoms with van der Waals surface area (Å²) >= 11 is 6.00. The second-order valence-corrected chi connectivity index (χ2v) is 9.77. The van der Waals surface area contributed by atoms with Crippen molar-refractivity contribution in [3.8, 4) is 5.69 Å². The van der Waals surface area contributed by atoms with E-state index >= 15 is 0 Å². The second-order valence-electron chi connectivity index (χ2n) is 9.33. The summed E-state index contributed by atoms with van der Waals surface area (Å²) in [5, 5.41) is 8.09. The number of carbonyl (C=O) groups is 1. The molecule has 2 aromatic carbocycles. The zero-order valence-corrected chi connectivity index (χ0v) is 21.4. The van der Waals surface area contributed by atoms with Crippen molar-refractivity contribution in [3.63, 3.8) is 0 Å². The summed E-state index contributed by atoms with van der Waals surface area (Å²) in [5.41, 5.74) is 5.04. The molecule has 3 aromatic rings. The Morgan fingerprint density at radius 3 is 2.53 bits per heavy atom. The Morgan fingerprint density at radius 2 is 1.83 bits per heavy atom. The predicted molar refractivity (Wildman–Crippen MR) is 145 cm³/mol. The van der Waals surface area contributed by atoms with E-state index in [0.29, 0.717) is 16.6 Å². The lowest BCUT2D eigenvalue weighted by Crippen LogP contribution is -2.51. The summed E-state index contributed by atoms with van der Waals surface area (Å²) < 4.78 is 7.26. The van der Waals surface area contributed by atoms with E-state index in [1.54, 1.807) is 23.0 Å². The quantitative estimate of drug-likeness (QED) is 0.509. The van der Waals surface area contributed by atoms with Gasteiger partial charge in [0.05, 0.1) is 23.1 Å². The molecule has 3 heterocycles. The van der Waals surface area contributed by atoms with Crippen molar-refractivity contribution in [3.05, 3.63) is 77.1 Å². The lowest BCUT2D eigenvalue weighted by atomic mass is 10.1. The van der Waals surface area contributed by atoms with Crippen molar-refractivity contribution in [2.24, 2.45) is 0 Å². The van der Waals surface area contributed by atoms with E-state index in [-0.39, 0.29) is 5.91 Å². The number of aromatic nitrogens is 2. The normalized spacial score (nSPS) is 17.2. The number of nitrogens with zero attached hydrogens (tertiary/aromatic N) is 4. The maximum Gasteiger partial charge on any atom is 0.259 e. The molecule has 2 aliphatic rings. The van der Waals surface area contributed by atoms with Crippen LogP contribution in [0.4, 0.5) is 11.4 Å². The Labute approximate surface area is 217 Å². The molecule has 36 heavy (non-hydrogen) atoms. The highest BCUT2D eigenvalue weighted by molar-refractivity contribution is 6.30. The largest absolute Gasteiger partial charge is 0.381 e. The molecule has 0 spiro atoms. The summed E-state index contributed by atoms with van der Waals surface area (Å²) in [5.74, 6) is -0.194. The third-order valence-corrected chi connectivity index (χ3v) is 7.45. The second kappa shape index (κ2) is 10.9. The van der Waals surface area contributed by atoms with Gasteiger partial charge in [-0.3, -0.25) is 9.69 Å². The minimum Gasteiger partial charge on any atom is -0.381 e. The molecule has 7 nitrogen and oxygen atoms in total. The summed E-state index contributed by atoms with van der Waals surface area (Å²) in [6.45, 7) is 11.7. The molecule has 1 amide bonds. The molecule has 0 atom stereocenters.